The van der Waals surface area contributed by atoms with Gasteiger partial charge in [-0.05, 0) is 38.3 Å². The Morgan fingerprint density at radius 3 is 2.68 bits per heavy atom. The van der Waals surface area contributed by atoms with Gasteiger partial charge in [-0.2, -0.15) is 4.99 Å². The van der Waals surface area contributed by atoms with Gasteiger partial charge in [0.1, 0.15) is 5.54 Å². The predicted molar refractivity (Wildman–Crippen MR) is 75.5 cm³/mol. The Balaban J connectivity index is 2.62. The van der Waals surface area contributed by atoms with Crippen LogP contribution in [0.25, 0.3) is 0 Å². The molecule has 1 aliphatic carbocycles. The van der Waals surface area contributed by atoms with Crippen LogP contribution in [0.1, 0.15) is 31.7 Å². The first-order valence-corrected chi connectivity index (χ1v) is 7.06. The lowest BCUT2D eigenvalue weighted by Crippen LogP contribution is -2.33. The Labute approximate surface area is 120 Å². The summed E-state index contributed by atoms with van der Waals surface area (Å²) < 4.78 is 12.0. The third kappa shape index (κ3) is 2.40. The molecule has 1 aliphatic rings. The molecule has 1 fully saturated rings. The van der Waals surface area contributed by atoms with Crippen molar-refractivity contribution in [1.29, 1.82) is 0 Å². The van der Waals surface area contributed by atoms with Gasteiger partial charge in [-0.25, -0.2) is 4.79 Å². The average molecular weight is 326 g/mol. The largest absolute Gasteiger partial charge is 0.493 e. The minimum atomic E-state index is -0.514. The molecule has 1 aromatic carbocycles. The molecule has 0 unspecified atom stereocenters. The number of halogens is 1. The molecule has 19 heavy (non-hydrogen) atoms. The Kier molecular flexibility index (Phi) is 4.27. The van der Waals surface area contributed by atoms with Crippen LogP contribution < -0.4 is 9.47 Å². The molecule has 0 atom stereocenters. The minimum Gasteiger partial charge on any atom is -0.493 e. The number of hydrogen-bond donors (Lipinski definition) is 0. The van der Waals surface area contributed by atoms with Crippen molar-refractivity contribution in [3.63, 3.8) is 0 Å². The summed E-state index contributed by atoms with van der Waals surface area (Å²) >= 11 is 3.54. The van der Waals surface area contributed by atoms with Gasteiger partial charge in [-0.3, -0.25) is 0 Å². The number of rotatable bonds is 5. The van der Waals surface area contributed by atoms with Crippen LogP contribution in [-0.2, 0) is 10.3 Å². The summed E-state index contributed by atoms with van der Waals surface area (Å²) in [5, 5.41) is 0. The zero-order valence-corrected chi connectivity index (χ0v) is 12.6. The highest BCUT2D eigenvalue weighted by Crippen LogP contribution is 2.53. The van der Waals surface area contributed by atoms with Crippen LogP contribution in [0.3, 0.4) is 0 Å². The van der Waals surface area contributed by atoms with Crippen LogP contribution in [0.2, 0.25) is 0 Å². The third-order valence-corrected chi connectivity index (χ3v) is 4.15. The molecule has 1 saturated carbocycles. The van der Waals surface area contributed by atoms with Crippen molar-refractivity contribution in [2.24, 2.45) is 4.99 Å². The molecule has 0 saturated heterocycles. The second-order valence-corrected chi connectivity index (χ2v) is 5.33. The average Bonchev–Trinajstić information content (AvgIpc) is 2.36. The van der Waals surface area contributed by atoms with E-state index in [9.17, 15) is 4.79 Å². The molecule has 0 heterocycles. The highest BCUT2D eigenvalue weighted by atomic mass is 79.9. The van der Waals surface area contributed by atoms with E-state index in [1.807, 2.05) is 19.1 Å². The van der Waals surface area contributed by atoms with E-state index in [2.05, 4.69) is 20.9 Å². The molecule has 102 valence electrons. The molecule has 5 heteroatoms. The van der Waals surface area contributed by atoms with Crippen LogP contribution in [0.15, 0.2) is 21.6 Å². The molecule has 2 rings (SSSR count). The molecule has 0 amide bonds. The molecule has 0 N–H and O–H groups in total. The molecule has 0 aliphatic heterocycles. The Hall–Kier alpha value is -1.32. The number of isocyanates is 1. The van der Waals surface area contributed by atoms with E-state index in [4.69, 9.17) is 9.47 Å². The van der Waals surface area contributed by atoms with E-state index >= 15 is 0 Å². The fourth-order valence-electron chi connectivity index (χ4n) is 2.44. The number of ether oxygens (including phenoxy) is 2. The second kappa shape index (κ2) is 5.76. The summed E-state index contributed by atoms with van der Waals surface area (Å²) in [4.78, 5) is 14.8. The van der Waals surface area contributed by atoms with Gasteiger partial charge in [0.15, 0.2) is 11.5 Å². The first-order chi connectivity index (χ1) is 9.18. The van der Waals surface area contributed by atoms with E-state index in [1.165, 1.54) is 0 Å². The van der Waals surface area contributed by atoms with E-state index < -0.39 is 5.54 Å². The smallest absolute Gasteiger partial charge is 0.235 e. The second-order valence-electron chi connectivity index (χ2n) is 4.48. The first-order valence-electron chi connectivity index (χ1n) is 6.27. The number of benzene rings is 1. The van der Waals surface area contributed by atoms with Crippen LogP contribution in [0.5, 0.6) is 11.5 Å². The summed E-state index contributed by atoms with van der Waals surface area (Å²) in [5.41, 5.74) is 0.378. The minimum absolute atomic E-state index is 0.514. The van der Waals surface area contributed by atoms with Crippen molar-refractivity contribution in [1.82, 2.24) is 0 Å². The molecule has 0 spiro atoms. The van der Waals surface area contributed by atoms with Crippen molar-refractivity contribution >= 4 is 22.0 Å². The summed E-state index contributed by atoms with van der Waals surface area (Å²) in [6, 6.07) is 3.74. The lowest BCUT2D eigenvalue weighted by atomic mass is 9.72. The molecule has 4 nitrogen and oxygen atoms in total. The third-order valence-electron chi connectivity index (χ3n) is 3.49. The van der Waals surface area contributed by atoms with E-state index in [1.54, 1.807) is 13.2 Å². The molecule has 0 radical (unpaired) electrons. The summed E-state index contributed by atoms with van der Waals surface area (Å²) in [7, 11) is 1.60. The molecular weight excluding hydrogens is 310 g/mol. The Morgan fingerprint density at radius 2 is 2.21 bits per heavy atom. The summed E-state index contributed by atoms with van der Waals surface area (Å²) in [5.74, 6) is 1.32. The normalized spacial score (nSPS) is 16.2. The van der Waals surface area contributed by atoms with Crippen molar-refractivity contribution in [3.05, 3.63) is 22.2 Å². The quantitative estimate of drug-likeness (QED) is 0.614. The number of methoxy groups -OCH3 is 1. The highest BCUT2D eigenvalue weighted by Gasteiger charge is 2.43. The maximum absolute atomic E-state index is 10.7. The van der Waals surface area contributed by atoms with Gasteiger partial charge < -0.3 is 9.47 Å². The SMILES string of the molecule is CCOc1c(OC)ccc(Br)c1C1(N=C=O)CCC1. The zero-order valence-electron chi connectivity index (χ0n) is 11.0. The van der Waals surface area contributed by atoms with E-state index in [0.717, 1.165) is 29.3 Å². The summed E-state index contributed by atoms with van der Waals surface area (Å²) in [6.45, 7) is 2.45. The molecule has 0 aromatic heterocycles. The number of nitrogens with zero attached hydrogens (tertiary/aromatic N) is 1. The van der Waals surface area contributed by atoms with Gasteiger partial charge in [0.2, 0.25) is 6.08 Å². The van der Waals surface area contributed by atoms with E-state index in [-0.39, 0.29) is 0 Å². The van der Waals surface area contributed by atoms with Crippen molar-refractivity contribution in [3.8, 4) is 11.5 Å². The summed E-state index contributed by atoms with van der Waals surface area (Å²) in [6.07, 6.45) is 4.40. The van der Waals surface area contributed by atoms with Crippen molar-refractivity contribution in [2.45, 2.75) is 31.7 Å². The lowest BCUT2D eigenvalue weighted by Gasteiger charge is -2.38. The monoisotopic (exact) mass is 325 g/mol. The topological polar surface area (TPSA) is 47.9 Å². The molecule has 1 aromatic rings. The van der Waals surface area contributed by atoms with Gasteiger partial charge in [0.05, 0.1) is 13.7 Å². The van der Waals surface area contributed by atoms with Crippen LogP contribution in [0.4, 0.5) is 0 Å². The molecule has 0 bridgehead atoms. The fourth-order valence-corrected chi connectivity index (χ4v) is 3.12. The van der Waals surface area contributed by atoms with Crippen molar-refractivity contribution < 1.29 is 14.3 Å². The predicted octanol–water partition coefficient (Wildman–Crippen LogP) is 3.57. The van der Waals surface area contributed by atoms with Gasteiger partial charge in [-0.15, -0.1) is 0 Å². The number of aliphatic imine (C=N–C) groups is 1. The van der Waals surface area contributed by atoms with Gasteiger partial charge in [0, 0.05) is 10.0 Å². The number of carbonyl (C=O) groups excluding carboxylic acids is 1. The van der Waals surface area contributed by atoms with Crippen molar-refractivity contribution in [2.75, 3.05) is 13.7 Å². The highest BCUT2D eigenvalue weighted by molar-refractivity contribution is 9.10. The standard InChI is InChI=1S/C14H16BrNO3/c1-3-19-13-11(18-2)6-5-10(15)12(13)14(16-9-17)7-4-8-14/h5-6H,3-4,7-8H2,1-2H3. The van der Waals surface area contributed by atoms with Crippen LogP contribution >= 0.6 is 15.9 Å². The zero-order chi connectivity index (χ0) is 13.9. The maximum atomic E-state index is 10.7. The van der Waals surface area contributed by atoms with Gasteiger partial charge in [0.25, 0.3) is 0 Å². The van der Waals surface area contributed by atoms with Gasteiger partial charge >= 0.3 is 0 Å². The van der Waals surface area contributed by atoms with Crippen LogP contribution in [0, 0.1) is 0 Å². The Bertz CT molecular complexity index is 520. The molecular formula is C14H16BrNO3. The first kappa shape index (κ1) is 14.1. The van der Waals surface area contributed by atoms with E-state index in [0.29, 0.717) is 18.1 Å². The van der Waals surface area contributed by atoms with Gasteiger partial charge in [-0.1, -0.05) is 15.9 Å². The lowest BCUT2D eigenvalue weighted by molar-refractivity contribution is 0.233. The maximum Gasteiger partial charge on any atom is 0.235 e. The number of hydrogen-bond acceptors (Lipinski definition) is 4. The van der Waals surface area contributed by atoms with Crippen LogP contribution in [-0.4, -0.2) is 19.8 Å². The fraction of sp³-hybridized carbons (Fsp3) is 0.500. The Morgan fingerprint density at radius 1 is 1.47 bits per heavy atom.